The molecule has 0 radical (unpaired) electrons. The van der Waals surface area contributed by atoms with Crippen molar-refractivity contribution in [3.8, 4) is 0 Å². The van der Waals surface area contributed by atoms with Crippen LogP contribution >= 0.6 is 15.9 Å². The van der Waals surface area contributed by atoms with Gasteiger partial charge in [-0.2, -0.15) is 0 Å². The maximum atomic E-state index is 5.78. The normalized spacial score (nSPS) is 22.7. The molecule has 1 aromatic rings. The number of hydrogen-bond acceptors (Lipinski definition) is 3. The summed E-state index contributed by atoms with van der Waals surface area (Å²) < 4.78 is 6.93. The first-order valence-corrected chi connectivity index (χ1v) is 8.64. The third-order valence-corrected chi connectivity index (χ3v) is 4.59. The zero-order chi connectivity index (χ0) is 15.1. The van der Waals surface area contributed by atoms with E-state index >= 15 is 0 Å². The van der Waals surface area contributed by atoms with Crippen molar-refractivity contribution in [1.29, 1.82) is 0 Å². The number of nitrogens with one attached hydrogen (secondary N) is 1. The fourth-order valence-electron chi connectivity index (χ4n) is 3.20. The van der Waals surface area contributed by atoms with Crippen molar-refractivity contribution in [2.75, 3.05) is 39.9 Å². The van der Waals surface area contributed by atoms with Gasteiger partial charge in [0.05, 0.1) is 6.61 Å². The molecular weight excluding hydrogens is 328 g/mol. The van der Waals surface area contributed by atoms with Crippen LogP contribution in [-0.4, -0.2) is 44.8 Å². The van der Waals surface area contributed by atoms with Crippen LogP contribution in [-0.2, 0) is 11.3 Å². The van der Waals surface area contributed by atoms with Gasteiger partial charge in [-0.05, 0) is 44.1 Å². The van der Waals surface area contributed by atoms with Crippen LogP contribution in [0.5, 0.6) is 0 Å². The predicted octanol–water partition coefficient (Wildman–Crippen LogP) is 3.29. The van der Waals surface area contributed by atoms with E-state index in [2.05, 4.69) is 64.4 Å². The van der Waals surface area contributed by atoms with Crippen LogP contribution in [0.3, 0.4) is 0 Å². The van der Waals surface area contributed by atoms with Gasteiger partial charge in [-0.3, -0.25) is 0 Å². The quantitative estimate of drug-likeness (QED) is 0.812. The number of hydrogen-bond donors (Lipinski definition) is 1. The minimum atomic E-state index is 0.259. The standard InChI is InChI=1S/C17H27BrN2O/c1-3-19-12-17(8-5-9-21-14-17)13-20(2)11-15-6-4-7-16(18)10-15/h4,6-7,10,19H,3,5,8-9,11-14H2,1-2H3. The van der Waals surface area contributed by atoms with E-state index in [1.165, 1.54) is 18.4 Å². The molecule has 21 heavy (non-hydrogen) atoms. The highest BCUT2D eigenvalue weighted by Gasteiger charge is 2.33. The molecule has 0 amide bonds. The van der Waals surface area contributed by atoms with E-state index in [4.69, 9.17) is 4.74 Å². The summed E-state index contributed by atoms with van der Waals surface area (Å²) in [6, 6.07) is 8.57. The Bertz CT molecular complexity index is 433. The Balaban J connectivity index is 1.95. The van der Waals surface area contributed by atoms with Gasteiger partial charge in [-0.1, -0.05) is 35.0 Å². The van der Waals surface area contributed by atoms with Crippen molar-refractivity contribution in [3.05, 3.63) is 34.3 Å². The maximum absolute atomic E-state index is 5.78. The van der Waals surface area contributed by atoms with E-state index < -0.39 is 0 Å². The van der Waals surface area contributed by atoms with E-state index in [0.29, 0.717) is 0 Å². The van der Waals surface area contributed by atoms with E-state index in [9.17, 15) is 0 Å². The van der Waals surface area contributed by atoms with Crippen LogP contribution < -0.4 is 5.32 Å². The molecule has 0 aliphatic carbocycles. The topological polar surface area (TPSA) is 24.5 Å². The SMILES string of the molecule is CCNCC1(CN(C)Cc2cccc(Br)c2)CCCOC1. The molecule has 1 heterocycles. The fourth-order valence-corrected chi connectivity index (χ4v) is 3.64. The van der Waals surface area contributed by atoms with Gasteiger partial charge in [0.15, 0.2) is 0 Å². The van der Waals surface area contributed by atoms with Gasteiger partial charge in [-0.25, -0.2) is 0 Å². The van der Waals surface area contributed by atoms with E-state index in [-0.39, 0.29) is 5.41 Å². The molecule has 0 bridgehead atoms. The molecular formula is C17H27BrN2O. The number of nitrogens with zero attached hydrogens (tertiary/aromatic N) is 1. The first kappa shape index (κ1) is 16.9. The molecule has 1 aliphatic heterocycles. The van der Waals surface area contributed by atoms with Gasteiger partial charge in [0.25, 0.3) is 0 Å². The number of halogens is 1. The second-order valence-electron chi connectivity index (χ2n) is 6.24. The van der Waals surface area contributed by atoms with Crippen LogP contribution in [0.1, 0.15) is 25.3 Å². The van der Waals surface area contributed by atoms with Gasteiger partial charge in [0.1, 0.15) is 0 Å². The lowest BCUT2D eigenvalue weighted by Crippen LogP contribution is -2.48. The lowest BCUT2D eigenvalue weighted by Gasteiger charge is -2.40. The van der Waals surface area contributed by atoms with E-state index in [1.807, 2.05) is 0 Å². The molecule has 1 N–H and O–H groups in total. The van der Waals surface area contributed by atoms with Crippen molar-refractivity contribution in [1.82, 2.24) is 10.2 Å². The third-order valence-electron chi connectivity index (χ3n) is 4.10. The summed E-state index contributed by atoms with van der Waals surface area (Å²) in [4.78, 5) is 2.42. The van der Waals surface area contributed by atoms with E-state index in [1.54, 1.807) is 0 Å². The van der Waals surface area contributed by atoms with Gasteiger partial charge >= 0.3 is 0 Å². The molecule has 0 aromatic heterocycles. The Morgan fingerprint density at radius 1 is 1.43 bits per heavy atom. The minimum absolute atomic E-state index is 0.259. The van der Waals surface area contributed by atoms with Crippen molar-refractivity contribution in [2.45, 2.75) is 26.3 Å². The smallest absolute Gasteiger partial charge is 0.0546 e. The molecule has 1 saturated heterocycles. The second-order valence-corrected chi connectivity index (χ2v) is 7.15. The van der Waals surface area contributed by atoms with Crippen LogP contribution in [0.2, 0.25) is 0 Å². The van der Waals surface area contributed by atoms with Crippen molar-refractivity contribution < 1.29 is 4.74 Å². The minimum Gasteiger partial charge on any atom is -0.381 e. The highest BCUT2D eigenvalue weighted by Crippen LogP contribution is 2.29. The lowest BCUT2D eigenvalue weighted by molar-refractivity contribution is -0.0234. The van der Waals surface area contributed by atoms with Crippen molar-refractivity contribution >= 4 is 15.9 Å². The van der Waals surface area contributed by atoms with Crippen LogP contribution in [0.4, 0.5) is 0 Å². The first-order valence-electron chi connectivity index (χ1n) is 7.85. The number of benzene rings is 1. The monoisotopic (exact) mass is 354 g/mol. The lowest BCUT2D eigenvalue weighted by atomic mass is 9.81. The van der Waals surface area contributed by atoms with Crippen molar-refractivity contribution in [2.24, 2.45) is 5.41 Å². The molecule has 1 unspecified atom stereocenters. The number of rotatable bonds is 7. The molecule has 2 rings (SSSR count). The summed E-state index contributed by atoms with van der Waals surface area (Å²) in [5.41, 5.74) is 1.61. The van der Waals surface area contributed by atoms with Crippen molar-refractivity contribution in [3.63, 3.8) is 0 Å². The fraction of sp³-hybridized carbons (Fsp3) is 0.647. The van der Waals surface area contributed by atoms with Crippen LogP contribution in [0.25, 0.3) is 0 Å². The van der Waals surface area contributed by atoms with Gasteiger partial charge in [0.2, 0.25) is 0 Å². The molecule has 4 heteroatoms. The molecule has 3 nitrogen and oxygen atoms in total. The zero-order valence-electron chi connectivity index (χ0n) is 13.2. The van der Waals surface area contributed by atoms with Crippen LogP contribution in [0.15, 0.2) is 28.7 Å². The summed E-state index contributed by atoms with van der Waals surface area (Å²) in [6.07, 6.45) is 2.43. The summed E-state index contributed by atoms with van der Waals surface area (Å²) in [5, 5.41) is 3.52. The second kappa shape index (κ2) is 8.28. The van der Waals surface area contributed by atoms with Crippen LogP contribution in [0, 0.1) is 5.41 Å². The molecule has 1 atom stereocenters. The Morgan fingerprint density at radius 2 is 2.29 bits per heavy atom. The largest absolute Gasteiger partial charge is 0.381 e. The Morgan fingerprint density at radius 3 is 2.95 bits per heavy atom. The summed E-state index contributed by atoms with van der Waals surface area (Å²) in [7, 11) is 2.21. The summed E-state index contributed by atoms with van der Waals surface area (Å²) in [5.74, 6) is 0. The summed E-state index contributed by atoms with van der Waals surface area (Å²) in [6.45, 7) is 8.10. The highest BCUT2D eigenvalue weighted by molar-refractivity contribution is 9.10. The molecule has 118 valence electrons. The Hall–Kier alpha value is -0.420. The highest BCUT2D eigenvalue weighted by atomic mass is 79.9. The third kappa shape index (κ3) is 5.37. The van der Waals surface area contributed by atoms with Gasteiger partial charge in [-0.15, -0.1) is 0 Å². The molecule has 1 aliphatic rings. The molecule has 1 fully saturated rings. The maximum Gasteiger partial charge on any atom is 0.0546 e. The first-order chi connectivity index (χ1) is 10.1. The zero-order valence-corrected chi connectivity index (χ0v) is 14.8. The average molecular weight is 355 g/mol. The molecule has 1 aromatic carbocycles. The Labute approximate surface area is 137 Å². The Kier molecular flexibility index (Phi) is 6.68. The average Bonchev–Trinajstić information content (AvgIpc) is 2.46. The van der Waals surface area contributed by atoms with Gasteiger partial charge < -0.3 is 15.0 Å². The summed E-state index contributed by atoms with van der Waals surface area (Å²) >= 11 is 3.55. The number of ether oxygens (including phenoxy) is 1. The predicted molar refractivity (Wildman–Crippen MR) is 91.5 cm³/mol. The van der Waals surface area contributed by atoms with E-state index in [0.717, 1.165) is 43.9 Å². The molecule has 0 spiro atoms. The molecule has 0 saturated carbocycles. The van der Waals surface area contributed by atoms with Gasteiger partial charge in [0, 0.05) is 36.1 Å².